The molecule has 1 saturated heterocycles. The van der Waals surface area contributed by atoms with Gasteiger partial charge in [0.25, 0.3) is 0 Å². The summed E-state index contributed by atoms with van der Waals surface area (Å²) in [6.07, 6.45) is 7.87. The molecular weight excluding hydrogens is 441 g/mol. The maximum atomic E-state index is 11.6. The summed E-state index contributed by atoms with van der Waals surface area (Å²) >= 11 is 0. The molecule has 2 fully saturated rings. The number of halogens is 1. The molecule has 6 nitrogen and oxygen atoms in total. The highest BCUT2D eigenvalue weighted by Gasteiger charge is 2.29. The number of hydrogen-bond acceptors (Lipinski definition) is 4. The molecule has 1 aromatic heterocycles. The molecule has 1 aromatic rings. The fourth-order valence-electron chi connectivity index (χ4n) is 3.23. The van der Waals surface area contributed by atoms with Gasteiger partial charge in [0.1, 0.15) is 5.76 Å². The van der Waals surface area contributed by atoms with Crippen LogP contribution in [0.1, 0.15) is 37.9 Å². The Morgan fingerprint density at radius 2 is 1.96 bits per heavy atom. The van der Waals surface area contributed by atoms with E-state index in [1.54, 1.807) is 6.26 Å². The molecule has 8 heteroatoms. The number of nitrogens with one attached hydrogen (secondary N) is 2. The monoisotopic (exact) mass is 467 g/mol. The van der Waals surface area contributed by atoms with Gasteiger partial charge in [-0.1, -0.05) is 12.8 Å². The molecule has 2 heterocycles. The SMILES string of the molecule is I.O=S1(=O)CCC(NC(=NCCc2ccco2)NC2CCCC2)C1. The predicted molar refractivity (Wildman–Crippen MR) is 106 cm³/mol. The average molecular weight is 467 g/mol. The third-order valence-corrected chi connectivity index (χ3v) is 6.25. The predicted octanol–water partition coefficient (Wildman–Crippen LogP) is 2.11. The Balaban J connectivity index is 0.00000208. The van der Waals surface area contributed by atoms with Crippen LogP contribution in [0.4, 0.5) is 0 Å². The van der Waals surface area contributed by atoms with Gasteiger partial charge in [0.05, 0.1) is 17.8 Å². The van der Waals surface area contributed by atoms with Crippen LogP contribution < -0.4 is 10.6 Å². The van der Waals surface area contributed by atoms with E-state index in [2.05, 4.69) is 15.6 Å². The van der Waals surface area contributed by atoms with E-state index < -0.39 is 9.84 Å². The minimum absolute atomic E-state index is 0. The second-order valence-corrected chi connectivity index (χ2v) is 8.66. The van der Waals surface area contributed by atoms with Crippen molar-refractivity contribution in [3.8, 4) is 0 Å². The molecule has 0 amide bonds. The molecule has 1 unspecified atom stereocenters. The lowest BCUT2D eigenvalue weighted by molar-refractivity contribution is 0.510. The van der Waals surface area contributed by atoms with E-state index in [0.717, 1.165) is 31.0 Å². The number of nitrogens with zero attached hydrogens (tertiary/aromatic N) is 1. The molecule has 3 rings (SSSR count). The van der Waals surface area contributed by atoms with Crippen molar-refractivity contribution in [3.63, 3.8) is 0 Å². The Morgan fingerprint density at radius 1 is 1.21 bits per heavy atom. The van der Waals surface area contributed by atoms with Crippen molar-refractivity contribution >= 4 is 39.8 Å². The van der Waals surface area contributed by atoms with E-state index in [1.807, 2.05) is 12.1 Å². The van der Waals surface area contributed by atoms with Crippen LogP contribution in [0.2, 0.25) is 0 Å². The third-order valence-electron chi connectivity index (χ3n) is 4.48. The summed E-state index contributed by atoms with van der Waals surface area (Å²) < 4.78 is 28.6. The van der Waals surface area contributed by atoms with Crippen LogP contribution in [0.5, 0.6) is 0 Å². The van der Waals surface area contributed by atoms with Gasteiger partial charge in [-0.2, -0.15) is 0 Å². The highest BCUT2D eigenvalue weighted by molar-refractivity contribution is 14.0. The lowest BCUT2D eigenvalue weighted by Crippen LogP contribution is -2.47. The number of sulfone groups is 1. The van der Waals surface area contributed by atoms with Gasteiger partial charge in [-0.05, 0) is 31.4 Å². The third kappa shape index (κ3) is 5.94. The van der Waals surface area contributed by atoms with Gasteiger partial charge in [0.2, 0.25) is 0 Å². The van der Waals surface area contributed by atoms with E-state index in [1.165, 1.54) is 12.8 Å². The van der Waals surface area contributed by atoms with Crippen molar-refractivity contribution < 1.29 is 12.8 Å². The first kappa shape index (κ1) is 19.6. The van der Waals surface area contributed by atoms with Crippen LogP contribution in [-0.2, 0) is 16.3 Å². The van der Waals surface area contributed by atoms with Crippen molar-refractivity contribution in [2.24, 2.45) is 4.99 Å². The van der Waals surface area contributed by atoms with Crippen molar-refractivity contribution in [3.05, 3.63) is 24.2 Å². The minimum atomic E-state index is -2.88. The Bertz CT molecular complexity index is 625. The average Bonchev–Trinajstić information content (AvgIpc) is 3.22. The van der Waals surface area contributed by atoms with Crippen LogP contribution in [0.3, 0.4) is 0 Å². The highest BCUT2D eigenvalue weighted by atomic mass is 127. The standard InChI is InChI=1S/C16H25N3O3S.HI/c20-23(21)11-8-14(12-23)19-16(18-13-4-1-2-5-13)17-9-7-15-6-3-10-22-15;/h3,6,10,13-14H,1-2,4-5,7-9,11-12H2,(H2,17,18,19);1H. The van der Waals surface area contributed by atoms with Crippen LogP contribution in [0.25, 0.3) is 0 Å². The summed E-state index contributed by atoms with van der Waals surface area (Å²) in [7, 11) is -2.88. The lowest BCUT2D eigenvalue weighted by atomic mass is 10.2. The van der Waals surface area contributed by atoms with Crippen molar-refractivity contribution in [2.45, 2.75) is 50.6 Å². The van der Waals surface area contributed by atoms with Gasteiger partial charge in [0.15, 0.2) is 15.8 Å². The second kappa shape index (κ2) is 9.07. The molecule has 1 atom stereocenters. The van der Waals surface area contributed by atoms with Crippen LogP contribution in [0, 0.1) is 0 Å². The maximum Gasteiger partial charge on any atom is 0.191 e. The van der Waals surface area contributed by atoms with Crippen LogP contribution >= 0.6 is 24.0 Å². The van der Waals surface area contributed by atoms with E-state index in [0.29, 0.717) is 19.0 Å². The lowest BCUT2D eigenvalue weighted by Gasteiger charge is -2.20. The maximum absolute atomic E-state index is 11.6. The molecular formula is C16H26IN3O3S. The molecule has 1 aliphatic carbocycles. The second-order valence-electron chi connectivity index (χ2n) is 6.43. The zero-order chi connectivity index (χ0) is 16.1. The zero-order valence-corrected chi connectivity index (χ0v) is 16.9. The molecule has 24 heavy (non-hydrogen) atoms. The topological polar surface area (TPSA) is 83.7 Å². The summed E-state index contributed by atoms with van der Waals surface area (Å²) in [5, 5.41) is 6.77. The van der Waals surface area contributed by atoms with Gasteiger partial charge in [-0.25, -0.2) is 8.42 Å². The van der Waals surface area contributed by atoms with Gasteiger partial charge in [-0.15, -0.1) is 24.0 Å². The quantitative estimate of drug-likeness (QED) is 0.394. The highest BCUT2D eigenvalue weighted by Crippen LogP contribution is 2.18. The molecule has 0 spiro atoms. The van der Waals surface area contributed by atoms with Gasteiger partial charge < -0.3 is 15.1 Å². The van der Waals surface area contributed by atoms with Crippen molar-refractivity contribution in [1.29, 1.82) is 0 Å². The van der Waals surface area contributed by atoms with E-state index in [-0.39, 0.29) is 41.5 Å². The first-order valence-corrected chi connectivity index (χ1v) is 10.2. The Morgan fingerprint density at radius 3 is 2.58 bits per heavy atom. The summed E-state index contributed by atoms with van der Waals surface area (Å²) in [4.78, 5) is 4.61. The molecule has 1 aliphatic heterocycles. The van der Waals surface area contributed by atoms with E-state index in [4.69, 9.17) is 4.42 Å². The molecule has 2 aliphatic rings. The number of furan rings is 1. The molecule has 2 N–H and O–H groups in total. The number of aliphatic imine (C=N–C) groups is 1. The first-order chi connectivity index (χ1) is 11.1. The zero-order valence-electron chi connectivity index (χ0n) is 13.7. The Kier molecular flexibility index (Phi) is 7.39. The van der Waals surface area contributed by atoms with Crippen LogP contribution in [-0.4, -0.2) is 44.5 Å². The van der Waals surface area contributed by atoms with E-state index in [9.17, 15) is 8.42 Å². The molecule has 0 radical (unpaired) electrons. The number of guanidine groups is 1. The first-order valence-electron chi connectivity index (χ1n) is 8.41. The fourth-order valence-corrected chi connectivity index (χ4v) is 4.90. The summed E-state index contributed by atoms with van der Waals surface area (Å²) in [5.41, 5.74) is 0. The number of rotatable bonds is 5. The summed E-state index contributed by atoms with van der Waals surface area (Å²) in [6, 6.07) is 4.23. The normalized spacial score (nSPS) is 23.8. The minimum Gasteiger partial charge on any atom is -0.469 e. The molecule has 136 valence electrons. The summed E-state index contributed by atoms with van der Waals surface area (Å²) in [5.74, 6) is 2.13. The van der Waals surface area contributed by atoms with Gasteiger partial charge in [-0.3, -0.25) is 4.99 Å². The summed E-state index contributed by atoms with van der Waals surface area (Å²) in [6.45, 7) is 0.620. The van der Waals surface area contributed by atoms with Crippen LogP contribution in [0.15, 0.2) is 27.8 Å². The smallest absolute Gasteiger partial charge is 0.191 e. The Labute approximate surface area is 160 Å². The molecule has 0 bridgehead atoms. The fraction of sp³-hybridized carbons (Fsp3) is 0.688. The van der Waals surface area contributed by atoms with Gasteiger partial charge >= 0.3 is 0 Å². The van der Waals surface area contributed by atoms with Crippen molar-refractivity contribution in [1.82, 2.24) is 10.6 Å². The number of hydrogen-bond donors (Lipinski definition) is 2. The Hall–Kier alpha value is -0.770. The molecule has 1 saturated carbocycles. The molecule has 0 aromatic carbocycles. The van der Waals surface area contributed by atoms with Gasteiger partial charge in [0, 0.05) is 25.0 Å². The largest absolute Gasteiger partial charge is 0.469 e. The van der Waals surface area contributed by atoms with E-state index >= 15 is 0 Å². The van der Waals surface area contributed by atoms with Crippen molar-refractivity contribution in [2.75, 3.05) is 18.1 Å².